The van der Waals surface area contributed by atoms with Crippen molar-refractivity contribution in [3.63, 3.8) is 0 Å². The van der Waals surface area contributed by atoms with Gasteiger partial charge in [-0.05, 0) is 42.8 Å². The van der Waals surface area contributed by atoms with Crippen molar-refractivity contribution in [2.75, 3.05) is 5.32 Å². The molecule has 1 amide bonds. The molecule has 2 N–H and O–H groups in total. The molecule has 1 unspecified atom stereocenters. The molecule has 0 aliphatic rings. The van der Waals surface area contributed by atoms with E-state index in [0.717, 1.165) is 0 Å². The number of benzene rings is 2. The number of ether oxygens (including phenoxy) is 1. The maximum Gasteiger partial charge on any atom is 0.335 e. The van der Waals surface area contributed by atoms with E-state index in [1.54, 1.807) is 24.3 Å². The lowest BCUT2D eigenvalue weighted by atomic mass is 10.2. The van der Waals surface area contributed by atoms with Crippen LogP contribution in [-0.2, 0) is 4.79 Å². The predicted octanol–water partition coefficient (Wildman–Crippen LogP) is 3.18. The van der Waals surface area contributed by atoms with E-state index in [1.165, 1.54) is 12.1 Å². The number of nitrogens with one attached hydrogen (secondary N) is 1. The lowest BCUT2D eigenvalue weighted by Gasteiger charge is -2.17. The normalized spacial score (nSPS) is 11.5. The average molecular weight is 299 g/mol. The molecular weight excluding hydrogens is 282 g/mol. The molecule has 2 rings (SSSR count). The maximum atomic E-state index is 12.2. The molecule has 0 radical (unpaired) electrons. The minimum atomic E-state index is -1.00. The smallest absolute Gasteiger partial charge is 0.335 e. The zero-order chi connectivity index (χ0) is 15.9. The Balaban J connectivity index is 2.01. The number of amides is 1. The number of rotatable bonds is 6. The Morgan fingerprint density at radius 2 is 1.73 bits per heavy atom. The van der Waals surface area contributed by atoms with E-state index in [2.05, 4.69) is 5.32 Å². The molecule has 22 heavy (non-hydrogen) atoms. The number of carbonyl (C=O) groups is 2. The van der Waals surface area contributed by atoms with Gasteiger partial charge in [-0.2, -0.15) is 0 Å². The Kier molecular flexibility index (Phi) is 5.14. The highest BCUT2D eigenvalue weighted by Gasteiger charge is 2.18. The van der Waals surface area contributed by atoms with Gasteiger partial charge in [0.15, 0.2) is 6.10 Å². The molecule has 1 atom stereocenters. The molecule has 5 heteroatoms. The molecule has 0 saturated carbocycles. The number of hydrogen-bond donors (Lipinski definition) is 2. The third kappa shape index (κ3) is 4.09. The van der Waals surface area contributed by atoms with E-state index in [9.17, 15) is 9.59 Å². The molecule has 0 fully saturated rings. The van der Waals surface area contributed by atoms with Crippen LogP contribution in [0.25, 0.3) is 0 Å². The summed E-state index contributed by atoms with van der Waals surface area (Å²) in [6, 6.07) is 15.1. The zero-order valence-corrected chi connectivity index (χ0v) is 12.2. The van der Waals surface area contributed by atoms with Crippen LogP contribution in [0.5, 0.6) is 5.75 Å². The molecule has 0 saturated heterocycles. The fraction of sp³-hybridized carbons (Fsp3) is 0.176. The van der Waals surface area contributed by atoms with Gasteiger partial charge in [0, 0.05) is 5.69 Å². The van der Waals surface area contributed by atoms with Gasteiger partial charge in [0.1, 0.15) is 5.75 Å². The second-order valence-corrected chi connectivity index (χ2v) is 4.70. The number of hydrogen-bond acceptors (Lipinski definition) is 3. The first-order valence-electron chi connectivity index (χ1n) is 6.96. The van der Waals surface area contributed by atoms with Gasteiger partial charge in [0.25, 0.3) is 5.91 Å². The first-order valence-corrected chi connectivity index (χ1v) is 6.96. The summed E-state index contributed by atoms with van der Waals surface area (Å²) in [4.78, 5) is 23.0. The van der Waals surface area contributed by atoms with Crippen LogP contribution in [0.15, 0.2) is 54.6 Å². The molecule has 0 aromatic heterocycles. The minimum absolute atomic E-state index is 0.172. The van der Waals surface area contributed by atoms with Crippen LogP contribution in [0.4, 0.5) is 5.69 Å². The van der Waals surface area contributed by atoms with E-state index < -0.39 is 12.1 Å². The monoisotopic (exact) mass is 299 g/mol. The van der Waals surface area contributed by atoms with Crippen LogP contribution in [0, 0.1) is 0 Å². The van der Waals surface area contributed by atoms with Crippen molar-refractivity contribution in [3.8, 4) is 5.75 Å². The van der Waals surface area contributed by atoms with Gasteiger partial charge in [-0.15, -0.1) is 0 Å². The van der Waals surface area contributed by atoms with Gasteiger partial charge < -0.3 is 15.2 Å². The Morgan fingerprint density at radius 3 is 2.27 bits per heavy atom. The molecular formula is C17H17NO4. The Morgan fingerprint density at radius 1 is 1.09 bits per heavy atom. The van der Waals surface area contributed by atoms with Crippen molar-refractivity contribution in [1.82, 2.24) is 0 Å². The van der Waals surface area contributed by atoms with Crippen LogP contribution in [0.1, 0.15) is 23.7 Å². The second kappa shape index (κ2) is 7.26. The summed E-state index contributed by atoms with van der Waals surface area (Å²) in [6.07, 6.45) is -0.0879. The second-order valence-electron chi connectivity index (χ2n) is 4.70. The van der Waals surface area contributed by atoms with Crippen molar-refractivity contribution in [2.45, 2.75) is 19.4 Å². The topological polar surface area (TPSA) is 75.6 Å². The standard InChI is InChI=1S/C17H17NO4/c1-2-15(22-14-6-4-3-5-7-14)16(19)18-13-10-8-12(9-11-13)17(20)21/h3-11,15H,2H2,1H3,(H,18,19)(H,20,21). The van der Waals surface area contributed by atoms with Crippen LogP contribution in [0.2, 0.25) is 0 Å². The van der Waals surface area contributed by atoms with E-state index >= 15 is 0 Å². The van der Waals surface area contributed by atoms with Crippen LogP contribution < -0.4 is 10.1 Å². The molecule has 0 heterocycles. The number of carboxylic acids is 1. The van der Waals surface area contributed by atoms with Crippen molar-refractivity contribution < 1.29 is 19.4 Å². The van der Waals surface area contributed by atoms with E-state index in [1.807, 2.05) is 25.1 Å². The van der Waals surface area contributed by atoms with Gasteiger partial charge in [-0.3, -0.25) is 4.79 Å². The zero-order valence-electron chi connectivity index (χ0n) is 12.2. The average Bonchev–Trinajstić information content (AvgIpc) is 2.54. The summed E-state index contributed by atoms with van der Waals surface area (Å²) in [5.74, 6) is -0.642. The summed E-state index contributed by atoms with van der Waals surface area (Å²) in [7, 11) is 0. The number of carbonyl (C=O) groups excluding carboxylic acids is 1. The Labute approximate surface area is 128 Å². The SMILES string of the molecule is CCC(Oc1ccccc1)C(=O)Nc1ccc(C(=O)O)cc1. The highest BCUT2D eigenvalue weighted by atomic mass is 16.5. The fourth-order valence-electron chi connectivity index (χ4n) is 1.90. The predicted molar refractivity (Wildman–Crippen MR) is 83.2 cm³/mol. The third-order valence-corrected chi connectivity index (χ3v) is 3.08. The Hall–Kier alpha value is -2.82. The molecule has 2 aromatic rings. The molecule has 2 aromatic carbocycles. The highest BCUT2D eigenvalue weighted by Crippen LogP contribution is 2.15. The Bertz CT molecular complexity index is 637. The lowest BCUT2D eigenvalue weighted by Crippen LogP contribution is -2.32. The van der Waals surface area contributed by atoms with Gasteiger partial charge in [-0.25, -0.2) is 4.79 Å². The minimum Gasteiger partial charge on any atom is -0.481 e. The van der Waals surface area contributed by atoms with Gasteiger partial charge in [0.2, 0.25) is 0 Å². The van der Waals surface area contributed by atoms with E-state index in [4.69, 9.17) is 9.84 Å². The molecule has 114 valence electrons. The molecule has 0 bridgehead atoms. The quantitative estimate of drug-likeness (QED) is 0.859. The van der Waals surface area contributed by atoms with Crippen LogP contribution in [0.3, 0.4) is 0 Å². The van der Waals surface area contributed by atoms with Crippen LogP contribution >= 0.6 is 0 Å². The van der Waals surface area contributed by atoms with Crippen molar-refractivity contribution >= 4 is 17.6 Å². The number of carboxylic acid groups (broad SMARTS) is 1. The number of aromatic carboxylic acids is 1. The molecule has 0 aliphatic heterocycles. The summed E-state index contributed by atoms with van der Waals surface area (Å²) in [5, 5.41) is 11.6. The summed E-state index contributed by atoms with van der Waals surface area (Å²) >= 11 is 0. The summed E-state index contributed by atoms with van der Waals surface area (Å²) in [6.45, 7) is 1.86. The number of para-hydroxylation sites is 1. The summed E-state index contributed by atoms with van der Waals surface area (Å²) < 4.78 is 5.65. The molecule has 0 spiro atoms. The van der Waals surface area contributed by atoms with Crippen LogP contribution in [-0.4, -0.2) is 23.1 Å². The summed E-state index contributed by atoms with van der Waals surface area (Å²) in [5.41, 5.74) is 0.704. The maximum absolute atomic E-state index is 12.2. The molecule has 0 aliphatic carbocycles. The first-order chi connectivity index (χ1) is 10.6. The van der Waals surface area contributed by atoms with Gasteiger partial charge in [0.05, 0.1) is 5.56 Å². The number of anilines is 1. The fourth-order valence-corrected chi connectivity index (χ4v) is 1.90. The van der Waals surface area contributed by atoms with E-state index in [-0.39, 0.29) is 11.5 Å². The highest BCUT2D eigenvalue weighted by molar-refractivity contribution is 5.95. The first kappa shape index (κ1) is 15.6. The van der Waals surface area contributed by atoms with Crippen molar-refractivity contribution in [3.05, 3.63) is 60.2 Å². The van der Waals surface area contributed by atoms with E-state index in [0.29, 0.717) is 17.9 Å². The van der Waals surface area contributed by atoms with Crippen molar-refractivity contribution in [2.24, 2.45) is 0 Å². The van der Waals surface area contributed by atoms with Gasteiger partial charge in [-0.1, -0.05) is 25.1 Å². The third-order valence-electron chi connectivity index (χ3n) is 3.08. The van der Waals surface area contributed by atoms with Crippen molar-refractivity contribution in [1.29, 1.82) is 0 Å². The molecule has 5 nitrogen and oxygen atoms in total. The largest absolute Gasteiger partial charge is 0.481 e. The lowest BCUT2D eigenvalue weighted by molar-refractivity contribution is -0.122. The van der Waals surface area contributed by atoms with Gasteiger partial charge >= 0.3 is 5.97 Å².